The number of benzene rings is 3. The zero-order valence-corrected chi connectivity index (χ0v) is 24.0. The van der Waals surface area contributed by atoms with E-state index in [2.05, 4.69) is 5.32 Å². The monoisotopic (exact) mass is 551 g/mol. The molecule has 0 saturated heterocycles. The van der Waals surface area contributed by atoms with Gasteiger partial charge in [-0.25, -0.2) is 8.42 Å². The Morgan fingerprint density at radius 1 is 0.923 bits per heavy atom. The first-order valence-electron chi connectivity index (χ1n) is 13.0. The maximum absolute atomic E-state index is 14.1. The normalized spacial score (nSPS) is 11.9. The molecule has 3 aromatic carbocycles. The van der Waals surface area contributed by atoms with Gasteiger partial charge in [0, 0.05) is 13.1 Å². The van der Waals surface area contributed by atoms with E-state index in [0.717, 1.165) is 21.0 Å². The Labute approximate surface area is 231 Å². The molecule has 0 aliphatic rings. The second-order valence-electron chi connectivity index (χ2n) is 9.26. The van der Waals surface area contributed by atoms with Crippen molar-refractivity contribution in [1.29, 1.82) is 0 Å². The summed E-state index contributed by atoms with van der Waals surface area (Å²) in [7, 11) is -2.72. The number of para-hydroxylation sites is 2. The molecular formula is C30H37N3O5S. The van der Waals surface area contributed by atoms with Crippen LogP contribution in [0, 0.1) is 13.8 Å². The lowest BCUT2D eigenvalue weighted by Gasteiger charge is -2.33. The van der Waals surface area contributed by atoms with Crippen molar-refractivity contribution in [2.45, 2.75) is 51.6 Å². The number of likely N-dealkylation sites (N-methyl/N-ethyl adjacent to an activating group) is 1. The highest BCUT2D eigenvalue weighted by molar-refractivity contribution is 7.92. The summed E-state index contributed by atoms with van der Waals surface area (Å²) in [5.74, 6) is -0.479. The van der Waals surface area contributed by atoms with E-state index in [1.165, 1.54) is 24.1 Å². The van der Waals surface area contributed by atoms with Crippen LogP contribution in [0.25, 0.3) is 0 Å². The second kappa shape index (κ2) is 13.3. The lowest BCUT2D eigenvalue weighted by Crippen LogP contribution is -2.52. The number of nitrogens with zero attached hydrogens (tertiary/aromatic N) is 2. The molecule has 9 heteroatoms. The van der Waals surface area contributed by atoms with Crippen molar-refractivity contribution in [1.82, 2.24) is 10.2 Å². The highest BCUT2D eigenvalue weighted by Crippen LogP contribution is 2.32. The molecule has 0 spiro atoms. The zero-order valence-electron chi connectivity index (χ0n) is 23.2. The molecule has 0 aromatic heterocycles. The van der Waals surface area contributed by atoms with Crippen LogP contribution in [0.2, 0.25) is 0 Å². The van der Waals surface area contributed by atoms with Crippen molar-refractivity contribution in [2.24, 2.45) is 0 Å². The Morgan fingerprint density at radius 2 is 1.56 bits per heavy atom. The number of carbonyl (C=O) groups excluding carboxylic acids is 2. The average molecular weight is 552 g/mol. The third-order valence-corrected chi connectivity index (χ3v) is 8.35. The summed E-state index contributed by atoms with van der Waals surface area (Å²) in [4.78, 5) is 28.6. The predicted octanol–water partition coefficient (Wildman–Crippen LogP) is 4.45. The third kappa shape index (κ3) is 6.97. The van der Waals surface area contributed by atoms with E-state index in [9.17, 15) is 18.0 Å². The quantitative estimate of drug-likeness (QED) is 0.359. The number of hydrogen-bond acceptors (Lipinski definition) is 5. The van der Waals surface area contributed by atoms with Gasteiger partial charge in [-0.1, -0.05) is 61.0 Å². The van der Waals surface area contributed by atoms with E-state index in [4.69, 9.17) is 4.74 Å². The van der Waals surface area contributed by atoms with E-state index in [-0.39, 0.29) is 23.0 Å². The third-order valence-electron chi connectivity index (χ3n) is 6.58. The molecule has 3 aromatic rings. The van der Waals surface area contributed by atoms with Crippen molar-refractivity contribution in [2.75, 3.05) is 24.5 Å². The molecular weight excluding hydrogens is 514 g/mol. The van der Waals surface area contributed by atoms with Crippen LogP contribution in [0.3, 0.4) is 0 Å². The van der Waals surface area contributed by atoms with Gasteiger partial charge in [0.25, 0.3) is 10.0 Å². The van der Waals surface area contributed by atoms with Crippen molar-refractivity contribution in [3.8, 4) is 5.75 Å². The van der Waals surface area contributed by atoms with E-state index in [0.29, 0.717) is 18.7 Å². The number of methoxy groups -OCH3 is 1. The molecule has 0 bridgehead atoms. The van der Waals surface area contributed by atoms with Crippen molar-refractivity contribution < 1.29 is 22.7 Å². The predicted molar refractivity (Wildman–Crippen MR) is 153 cm³/mol. The van der Waals surface area contributed by atoms with Crippen LogP contribution in [0.1, 0.15) is 37.0 Å². The topological polar surface area (TPSA) is 96.0 Å². The van der Waals surface area contributed by atoms with Crippen LogP contribution in [-0.2, 0) is 26.2 Å². The first-order chi connectivity index (χ1) is 18.6. The SMILES string of the molecule is CCNC(=O)C(CC)N(Cc1ccccc1C)C(=O)CN(c1ccccc1OC)S(=O)(=O)c1ccc(C)cc1. The average Bonchev–Trinajstić information content (AvgIpc) is 2.92. The minimum absolute atomic E-state index is 0.0491. The molecule has 0 fully saturated rings. The summed E-state index contributed by atoms with van der Waals surface area (Å²) in [6.07, 6.45) is 0.364. The van der Waals surface area contributed by atoms with Crippen LogP contribution in [-0.4, -0.2) is 51.4 Å². The zero-order chi connectivity index (χ0) is 28.6. The summed E-state index contributed by atoms with van der Waals surface area (Å²) in [6, 6.07) is 20.0. The Hall–Kier alpha value is -3.85. The molecule has 1 N–H and O–H groups in total. The minimum atomic E-state index is -4.17. The van der Waals surface area contributed by atoms with E-state index in [1.54, 1.807) is 36.4 Å². The first kappa shape index (κ1) is 29.7. The smallest absolute Gasteiger partial charge is 0.264 e. The first-order valence-corrected chi connectivity index (χ1v) is 14.4. The number of aryl methyl sites for hydroxylation is 2. The summed E-state index contributed by atoms with van der Waals surface area (Å²) < 4.78 is 34.5. The van der Waals surface area contributed by atoms with Gasteiger partial charge in [0.1, 0.15) is 18.3 Å². The van der Waals surface area contributed by atoms with Gasteiger partial charge in [-0.2, -0.15) is 0 Å². The molecule has 0 radical (unpaired) electrons. The van der Waals surface area contributed by atoms with Gasteiger partial charge in [0.05, 0.1) is 17.7 Å². The van der Waals surface area contributed by atoms with Gasteiger partial charge < -0.3 is 15.0 Å². The second-order valence-corrected chi connectivity index (χ2v) is 11.1. The van der Waals surface area contributed by atoms with Gasteiger partial charge in [0.2, 0.25) is 11.8 Å². The number of anilines is 1. The lowest BCUT2D eigenvalue weighted by atomic mass is 10.1. The molecule has 0 aliphatic carbocycles. The Morgan fingerprint density at radius 3 is 2.18 bits per heavy atom. The molecule has 8 nitrogen and oxygen atoms in total. The standard InChI is InChI=1S/C30H37N3O5S/c1-6-26(30(35)31-7-2)32(20-24-13-9-8-12-23(24)4)29(34)21-33(27-14-10-11-15-28(27)38-5)39(36,37)25-18-16-22(3)17-19-25/h8-19,26H,6-7,20-21H2,1-5H3,(H,31,35). The van der Waals surface area contributed by atoms with Crippen molar-refractivity contribution in [3.63, 3.8) is 0 Å². The summed E-state index contributed by atoms with van der Waals surface area (Å²) >= 11 is 0. The van der Waals surface area contributed by atoms with Gasteiger partial charge in [0.15, 0.2) is 0 Å². The summed E-state index contributed by atoms with van der Waals surface area (Å²) in [5, 5.41) is 2.81. The van der Waals surface area contributed by atoms with Crippen molar-refractivity contribution >= 4 is 27.5 Å². The summed E-state index contributed by atoms with van der Waals surface area (Å²) in [6.45, 7) is 7.51. The molecule has 0 aliphatic heterocycles. The van der Waals surface area contributed by atoms with Gasteiger partial charge in [-0.05, 0) is 62.6 Å². The van der Waals surface area contributed by atoms with Crippen LogP contribution >= 0.6 is 0 Å². The Balaban J connectivity index is 2.11. The maximum Gasteiger partial charge on any atom is 0.264 e. The molecule has 1 unspecified atom stereocenters. The van der Waals surface area contributed by atoms with Crippen LogP contribution in [0.15, 0.2) is 77.7 Å². The number of sulfonamides is 1. The van der Waals surface area contributed by atoms with Gasteiger partial charge >= 0.3 is 0 Å². The molecule has 2 amide bonds. The molecule has 0 saturated carbocycles. The highest BCUT2D eigenvalue weighted by atomic mass is 32.2. The van der Waals surface area contributed by atoms with Crippen LogP contribution in [0.5, 0.6) is 5.75 Å². The lowest BCUT2D eigenvalue weighted by molar-refractivity contribution is -0.140. The number of amides is 2. The van der Waals surface area contributed by atoms with Crippen LogP contribution in [0.4, 0.5) is 5.69 Å². The van der Waals surface area contributed by atoms with Crippen LogP contribution < -0.4 is 14.4 Å². The maximum atomic E-state index is 14.1. The molecule has 208 valence electrons. The fourth-order valence-electron chi connectivity index (χ4n) is 4.37. The van der Waals surface area contributed by atoms with E-state index in [1.807, 2.05) is 52.0 Å². The van der Waals surface area contributed by atoms with Gasteiger partial charge in [-0.15, -0.1) is 0 Å². The molecule has 3 rings (SSSR count). The number of ether oxygens (including phenoxy) is 1. The van der Waals surface area contributed by atoms with Crippen molar-refractivity contribution in [3.05, 3.63) is 89.5 Å². The number of nitrogens with one attached hydrogen (secondary N) is 1. The number of hydrogen-bond donors (Lipinski definition) is 1. The fourth-order valence-corrected chi connectivity index (χ4v) is 5.79. The number of rotatable bonds is 12. The Bertz CT molecular complexity index is 1390. The van der Waals surface area contributed by atoms with E-state index < -0.39 is 28.5 Å². The molecule has 1 atom stereocenters. The molecule has 0 heterocycles. The fraction of sp³-hybridized carbons (Fsp3) is 0.333. The largest absolute Gasteiger partial charge is 0.495 e. The molecule has 39 heavy (non-hydrogen) atoms. The Kier molecular flexibility index (Phi) is 10.1. The summed E-state index contributed by atoms with van der Waals surface area (Å²) in [5.41, 5.74) is 2.98. The highest BCUT2D eigenvalue weighted by Gasteiger charge is 2.34. The number of carbonyl (C=O) groups is 2. The van der Waals surface area contributed by atoms with Gasteiger partial charge in [-0.3, -0.25) is 13.9 Å². The minimum Gasteiger partial charge on any atom is -0.495 e. The van der Waals surface area contributed by atoms with E-state index >= 15 is 0 Å².